The summed E-state index contributed by atoms with van der Waals surface area (Å²) in [7, 11) is 5.87. The first kappa shape index (κ1) is 15.1. The monoisotopic (exact) mass is 308 g/mol. The third kappa shape index (κ3) is 3.06. The first-order valence-corrected chi connectivity index (χ1v) is 7.46. The highest BCUT2D eigenvalue weighted by molar-refractivity contribution is 5.91. The zero-order valence-electron chi connectivity index (χ0n) is 13.9. The number of rotatable bonds is 4. The number of hydrogen-bond acceptors (Lipinski definition) is 6. The number of nitrogens with zero attached hydrogens (tertiary/aromatic N) is 6. The quantitative estimate of drug-likeness (QED) is 0.738. The van der Waals surface area contributed by atoms with Gasteiger partial charge in [-0.2, -0.15) is 0 Å². The van der Waals surface area contributed by atoms with E-state index in [0.29, 0.717) is 12.5 Å². The van der Waals surface area contributed by atoms with Crippen molar-refractivity contribution >= 4 is 22.7 Å². The van der Waals surface area contributed by atoms with Crippen LogP contribution < -0.4 is 9.80 Å². The van der Waals surface area contributed by atoms with Gasteiger partial charge in [-0.3, -0.25) is 0 Å². The zero-order chi connectivity index (χ0) is 16.4. The second kappa shape index (κ2) is 6.16. The van der Waals surface area contributed by atoms with Crippen LogP contribution >= 0.6 is 0 Å². The predicted molar refractivity (Wildman–Crippen MR) is 92.7 cm³/mol. The summed E-state index contributed by atoms with van der Waals surface area (Å²) in [5, 5.41) is 1.06. The molecular weight excluding hydrogens is 288 g/mol. The van der Waals surface area contributed by atoms with E-state index in [-0.39, 0.29) is 0 Å². The normalized spacial score (nSPS) is 10.8. The summed E-state index contributed by atoms with van der Waals surface area (Å²) in [5.74, 6) is 1.62. The van der Waals surface area contributed by atoms with Crippen LogP contribution in [0.25, 0.3) is 10.9 Å². The van der Waals surface area contributed by atoms with Gasteiger partial charge in [-0.1, -0.05) is 12.1 Å². The SMILES string of the molecule is Cc1cccc2c(N(C)Cc3cnc(N(C)C)nc3)ncnc12. The molecular formula is C17H20N6. The van der Waals surface area contributed by atoms with Gasteiger partial charge in [-0.15, -0.1) is 0 Å². The van der Waals surface area contributed by atoms with E-state index in [1.54, 1.807) is 6.33 Å². The minimum Gasteiger partial charge on any atom is -0.355 e. The highest BCUT2D eigenvalue weighted by Crippen LogP contribution is 2.25. The molecule has 0 atom stereocenters. The van der Waals surface area contributed by atoms with E-state index >= 15 is 0 Å². The molecule has 2 aromatic heterocycles. The van der Waals surface area contributed by atoms with Gasteiger partial charge in [0.15, 0.2) is 0 Å². The molecule has 0 aliphatic carbocycles. The second-order valence-electron chi connectivity index (χ2n) is 5.81. The Hall–Kier alpha value is -2.76. The van der Waals surface area contributed by atoms with Gasteiger partial charge in [0.05, 0.1) is 5.52 Å². The zero-order valence-corrected chi connectivity index (χ0v) is 13.9. The molecule has 0 radical (unpaired) electrons. The van der Waals surface area contributed by atoms with Crippen molar-refractivity contribution in [2.75, 3.05) is 30.9 Å². The number of hydrogen-bond donors (Lipinski definition) is 0. The third-order valence-electron chi connectivity index (χ3n) is 3.72. The lowest BCUT2D eigenvalue weighted by Gasteiger charge is -2.20. The van der Waals surface area contributed by atoms with E-state index in [1.807, 2.05) is 44.5 Å². The van der Waals surface area contributed by atoms with Crippen LogP contribution in [0, 0.1) is 6.92 Å². The maximum absolute atomic E-state index is 4.46. The average Bonchev–Trinajstić information content (AvgIpc) is 2.55. The molecule has 6 heteroatoms. The number of aryl methyl sites for hydroxylation is 1. The lowest BCUT2D eigenvalue weighted by molar-refractivity contribution is 0.877. The molecule has 0 amide bonds. The lowest BCUT2D eigenvalue weighted by atomic mass is 10.1. The fraction of sp³-hybridized carbons (Fsp3) is 0.294. The molecule has 0 fully saturated rings. The third-order valence-corrected chi connectivity index (χ3v) is 3.72. The molecule has 0 unspecified atom stereocenters. The summed E-state index contributed by atoms with van der Waals surface area (Å²) >= 11 is 0. The van der Waals surface area contributed by atoms with Gasteiger partial charge in [0.1, 0.15) is 12.1 Å². The van der Waals surface area contributed by atoms with Gasteiger partial charge in [0.25, 0.3) is 0 Å². The van der Waals surface area contributed by atoms with Crippen LogP contribution in [0.15, 0.2) is 36.9 Å². The summed E-state index contributed by atoms with van der Waals surface area (Å²) < 4.78 is 0. The molecule has 3 aromatic rings. The van der Waals surface area contributed by atoms with Gasteiger partial charge < -0.3 is 9.80 Å². The Morgan fingerprint density at radius 3 is 2.39 bits per heavy atom. The van der Waals surface area contributed by atoms with Gasteiger partial charge in [-0.25, -0.2) is 19.9 Å². The molecule has 0 N–H and O–H groups in total. The van der Waals surface area contributed by atoms with Crippen molar-refractivity contribution in [3.63, 3.8) is 0 Å². The molecule has 6 nitrogen and oxygen atoms in total. The highest BCUT2D eigenvalue weighted by atomic mass is 15.2. The Morgan fingerprint density at radius 1 is 0.957 bits per heavy atom. The Bertz CT molecular complexity index is 813. The molecule has 0 saturated heterocycles. The molecule has 0 aliphatic rings. The van der Waals surface area contributed by atoms with Crippen molar-refractivity contribution in [2.24, 2.45) is 0 Å². The van der Waals surface area contributed by atoms with Crippen LogP contribution in [0.3, 0.4) is 0 Å². The number of aromatic nitrogens is 4. The van der Waals surface area contributed by atoms with Crippen LogP contribution in [-0.4, -0.2) is 41.1 Å². The summed E-state index contributed by atoms with van der Waals surface area (Å²) in [6, 6.07) is 6.15. The summed E-state index contributed by atoms with van der Waals surface area (Å²) in [4.78, 5) is 21.5. The average molecular weight is 308 g/mol. The Morgan fingerprint density at radius 2 is 1.70 bits per heavy atom. The highest BCUT2D eigenvalue weighted by Gasteiger charge is 2.11. The van der Waals surface area contributed by atoms with E-state index in [4.69, 9.17) is 0 Å². The van der Waals surface area contributed by atoms with Crippen LogP contribution in [0.5, 0.6) is 0 Å². The molecule has 23 heavy (non-hydrogen) atoms. The minimum absolute atomic E-state index is 0.688. The number of benzene rings is 1. The van der Waals surface area contributed by atoms with Crippen LogP contribution in [0.2, 0.25) is 0 Å². The van der Waals surface area contributed by atoms with E-state index < -0.39 is 0 Å². The molecule has 0 spiro atoms. The molecule has 2 heterocycles. The van der Waals surface area contributed by atoms with E-state index in [0.717, 1.165) is 27.8 Å². The smallest absolute Gasteiger partial charge is 0.224 e. The number of para-hydroxylation sites is 1. The van der Waals surface area contributed by atoms with Gasteiger partial charge in [0, 0.05) is 51.0 Å². The fourth-order valence-corrected chi connectivity index (χ4v) is 2.54. The summed E-state index contributed by atoms with van der Waals surface area (Å²) in [6.45, 7) is 2.75. The molecule has 118 valence electrons. The Labute approximate surface area is 135 Å². The molecule has 3 rings (SSSR count). The van der Waals surface area contributed by atoms with Crippen molar-refractivity contribution in [3.8, 4) is 0 Å². The maximum atomic E-state index is 4.46. The topological polar surface area (TPSA) is 58.0 Å². The van der Waals surface area contributed by atoms with Crippen molar-refractivity contribution in [1.82, 2.24) is 19.9 Å². The fourth-order valence-electron chi connectivity index (χ4n) is 2.54. The molecule has 0 bridgehead atoms. The minimum atomic E-state index is 0.688. The van der Waals surface area contributed by atoms with Crippen molar-refractivity contribution in [1.29, 1.82) is 0 Å². The Balaban J connectivity index is 1.89. The molecule has 1 aromatic carbocycles. The predicted octanol–water partition coefficient (Wildman–Crippen LogP) is 2.43. The second-order valence-corrected chi connectivity index (χ2v) is 5.81. The number of fused-ring (bicyclic) bond motifs is 1. The van der Waals surface area contributed by atoms with Crippen LogP contribution in [-0.2, 0) is 6.54 Å². The van der Waals surface area contributed by atoms with E-state index in [1.165, 1.54) is 0 Å². The maximum Gasteiger partial charge on any atom is 0.224 e. The van der Waals surface area contributed by atoms with Crippen molar-refractivity contribution < 1.29 is 0 Å². The van der Waals surface area contributed by atoms with Crippen molar-refractivity contribution in [2.45, 2.75) is 13.5 Å². The first-order chi connectivity index (χ1) is 11.1. The van der Waals surface area contributed by atoms with Gasteiger partial charge >= 0.3 is 0 Å². The molecule has 0 aliphatic heterocycles. The molecule has 0 saturated carbocycles. The standard InChI is InChI=1S/C17H20N6/c1-12-6-5-7-14-15(12)20-11-21-16(14)23(4)10-13-8-18-17(19-9-13)22(2)3/h5-9,11H,10H2,1-4H3. The Kier molecular flexibility index (Phi) is 4.06. The van der Waals surface area contributed by atoms with E-state index in [2.05, 4.69) is 43.9 Å². The van der Waals surface area contributed by atoms with Gasteiger partial charge in [-0.05, 0) is 18.6 Å². The summed E-state index contributed by atoms with van der Waals surface area (Å²) in [6.07, 6.45) is 5.33. The lowest BCUT2D eigenvalue weighted by Crippen LogP contribution is -2.19. The van der Waals surface area contributed by atoms with Gasteiger partial charge in [0.2, 0.25) is 5.95 Å². The van der Waals surface area contributed by atoms with Crippen LogP contribution in [0.1, 0.15) is 11.1 Å². The largest absolute Gasteiger partial charge is 0.355 e. The van der Waals surface area contributed by atoms with E-state index in [9.17, 15) is 0 Å². The van der Waals surface area contributed by atoms with Crippen LogP contribution in [0.4, 0.5) is 11.8 Å². The summed E-state index contributed by atoms with van der Waals surface area (Å²) in [5.41, 5.74) is 3.18. The first-order valence-electron chi connectivity index (χ1n) is 7.46. The van der Waals surface area contributed by atoms with Crippen molar-refractivity contribution in [3.05, 3.63) is 48.0 Å². The number of anilines is 2.